The summed E-state index contributed by atoms with van der Waals surface area (Å²) >= 11 is 0. The largest absolute Gasteiger partial charge is 0.480 e. The van der Waals surface area contributed by atoms with Crippen molar-refractivity contribution in [2.45, 2.75) is 6.54 Å². The van der Waals surface area contributed by atoms with Gasteiger partial charge in [-0.15, -0.1) is 0 Å². The van der Waals surface area contributed by atoms with Gasteiger partial charge in [0.05, 0.1) is 6.54 Å². The van der Waals surface area contributed by atoms with Crippen molar-refractivity contribution < 1.29 is 9.90 Å². The van der Waals surface area contributed by atoms with E-state index >= 15 is 0 Å². The van der Waals surface area contributed by atoms with Gasteiger partial charge in [0.1, 0.15) is 11.6 Å². The number of nitrogens with one attached hydrogen (secondary N) is 2. The van der Waals surface area contributed by atoms with E-state index in [0.717, 1.165) is 5.56 Å². The van der Waals surface area contributed by atoms with E-state index in [0.29, 0.717) is 18.2 Å². The lowest BCUT2D eigenvalue weighted by Gasteiger charge is -2.07. The standard InChI is InChI=1S/C13H14N4O2/c18-13(19)9-14-8-10-4-6-16-12(7-10)17-11-3-1-2-5-15-11/h1-7,14H,8-9H2,(H,18,19)(H,15,16,17). The Morgan fingerprint density at radius 1 is 1.16 bits per heavy atom. The Balaban J connectivity index is 1.97. The average molecular weight is 258 g/mol. The number of carboxylic acids is 1. The molecule has 0 amide bonds. The van der Waals surface area contributed by atoms with Crippen LogP contribution in [0, 0.1) is 0 Å². The number of carboxylic acid groups (broad SMARTS) is 1. The van der Waals surface area contributed by atoms with Gasteiger partial charge in [-0.25, -0.2) is 9.97 Å². The maximum absolute atomic E-state index is 10.4. The van der Waals surface area contributed by atoms with Crippen LogP contribution in [0.4, 0.5) is 11.6 Å². The summed E-state index contributed by atoms with van der Waals surface area (Å²) in [7, 11) is 0. The van der Waals surface area contributed by atoms with E-state index in [2.05, 4.69) is 20.6 Å². The first-order valence-electron chi connectivity index (χ1n) is 5.79. The molecule has 19 heavy (non-hydrogen) atoms. The number of anilines is 2. The predicted octanol–water partition coefficient (Wildman–Crippen LogP) is 1.39. The third-order valence-corrected chi connectivity index (χ3v) is 2.35. The second-order valence-electron chi connectivity index (χ2n) is 3.89. The van der Waals surface area contributed by atoms with Crippen LogP contribution in [0.5, 0.6) is 0 Å². The summed E-state index contributed by atoms with van der Waals surface area (Å²) in [4.78, 5) is 18.7. The molecule has 98 valence electrons. The van der Waals surface area contributed by atoms with Crippen LogP contribution in [0.15, 0.2) is 42.7 Å². The number of rotatable bonds is 6. The van der Waals surface area contributed by atoms with Crippen molar-refractivity contribution in [2.24, 2.45) is 0 Å². The molecule has 0 aromatic carbocycles. The molecule has 2 aromatic heterocycles. The number of pyridine rings is 2. The van der Waals surface area contributed by atoms with Crippen LogP contribution < -0.4 is 10.6 Å². The highest BCUT2D eigenvalue weighted by molar-refractivity contribution is 5.69. The summed E-state index contributed by atoms with van der Waals surface area (Å²) in [5.74, 6) is 0.514. The molecule has 0 aliphatic heterocycles. The fraction of sp³-hybridized carbons (Fsp3) is 0.154. The van der Waals surface area contributed by atoms with Crippen LogP contribution in [0.2, 0.25) is 0 Å². The van der Waals surface area contributed by atoms with Crippen LogP contribution in [0.1, 0.15) is 5.56 Å². The summed E-state index contributed by atoms with van der Waals surface area (Å²) in [6, 6.07) is 9.25. The molecule has 0 bridgehead atoms. The summed E-state index contributed by atoms with van der Waals surface area (Å²) < 4.78 is 0. The minimum absolute atomic E-state index is 0.0642. The monoisotopic (exact) mass is 258 g/mol. The van der Waals surface area contributed by atoms with Crippen LogP contribution >= 0.6 is 0 Å². The van der Waals surface area contributed by atoms with E-state index in [1.54, 1.807) is 12.4 Å². The third-order valence-electron chi connectivity index (χ3n) is 2.35. The van der Waals surface area contributed by atoms with Crippen molar-refractivity contribution in [1.82, 2.24) is 15.3 Å². The smallest absolute Gasteiger partial charge is 0.317 e. The molecule has 3 N–H and O–H groups in total. The van der Waals surface area contributed by atoms with Gasteiger partial charge in [0.2, 0.25) is 0 Å². The third kappa shape index (κ3) is 4.36. The molecule has 0 aliphatic rings. The minimum Gasteiger partial charge on any atom is -0.480 e. The molecule has 0 spiro atoms. The number of nitrogens with zero attached hydrogens (tertiary/aromatic N) is 2. The number of hydrogen-bond donors (Lipinski definition) is 3. The summed E-state index contributed by atoms with van der Waals surface area (Å²) in [5.41, 5.74) is 0.953. The molecule has 6 nitrogen and oxygen atoms in total. The second-order valence-corrected chi connectivity index (χ2v) is 3.89. The molecule has 2 rings (SSSR count). The Morgan fingerprint density at radius 2 is 2.00 bits per heavy atom. The molecule has 6 heteroatoms. The minimum atomic E-state index is -0.874. The zero-order chi connectivity index (χ0) is 13.5. The number of carbonyl (C=O) groups is 1. The Kier molecular flexibility index (Phi) is 4.41. The lowest BCUT2D eigenvalue weighted by atomic mass is 10.2. The zero-order valence-electron chi connectivity index (χ0n) is 10.2. The SMILES string of the molecule is O=C(O)CNCc1ccnc(Nc2ccccn2)c1. The lowest BCUT2D eigenvalue weighted by molar-refractivity contribution is -0.135. The number of aromatic nitrogens is 2. The van der Waals surface area contributed by atoms with Gasteiger partial charge in [-0.1, -0.05) is 6.07 Å². The van der Waals surface area contributed by atoms with Gasteiger partial charge in [-0.05, 0) is 29.8 Å². The van der Waals surface area contributed by atoms with Crippen LogP contribution in [-0.4, -0.2) is 27.6 Å². The normalized spacial score (nSPS) is 10.1. The van der Waals surface area contributed by atoms with Crippen LogP contribution in [-0.2, 0) is 11.3 Å². The Labute approximate surface area is 110 Å². The Hall–Kier alpha value is -2.47. The summed E-state index contributed by atoms with van der Waals surface area (Å²) in [6.45, 7) is 0.414. The highest BCUT2D eigenvalue weighted by Crippen LogP contribution is 2.12. The van der Waals surface area contributed by atoms with Gasteiger partial charge in [0, 0.05) is 18.9 Å². The van der Waals surface area contributed by atoms with Crippen molar-refractivity contribution in [1.29, 1.82) is 0 Å². The van der Waals surface area contributed by atoms with Gasteiger partial charge in [-0.2, -0.15) is 0 Å². The van der Waals surface area contributed by atoms with E-state index in [1.165, 1.54) is 0 Å². The van der Waals surface area contributed by atoms with Crippen molar-refractivity contribution in [3.05, 3.63) is 48.3 Å². The second kappa shape index (κ2) is 6.46. The fourth-order valence-electron chi connectivity index (χ4n) is 1.53. The average Bonchev–Trinajstić information content (AvgIpc) is 2.40. The first-order chi connectivity index (χ1) is 9.24. The van der Waals surface area contributed by atoms with Crippen LogP contribution in [0.3, 0.4) is 0 Å². The number of hydrogen-bond acceptors (Lipinski definition) is 5. The van der Waals surface area contributed by atoms with Gasteiger partial charge in [-0.3, -0.25) is 4.79 Å². The molecule has 0 saturated carbocycles. The molecule has 0 fully saturated rings. The first kappa shape index (κ1) is 13.0. The molecule has 0 saturated heterocycles. The van der Waals surface area contributed by atoms with E-state index in [-0.39, 0.29) is 6.54 Å². The topological polar surface area (TPSA) is 87.1 Å². The maximum Gasteiger partial charge on any atom is 0.317 e. The fourth-order valence-corrected chi connectivity index (χ4v) is 1.53. The van der Waals surface area contributed by atoms with Crippen molar-refractivity contribution >= 4 is 17.6 Å². The Morgan fingerprint density at radius 3 is 2.74 bits per heavy atom. The zero-order valence-corrected chi connectivity index (χ0v) is 10.2. The predicted molar refractivity (Wildman–Crippen MR) is 71.1 cm³/mol. The molecule has 0 unspecified atom stereocenters. The number of aliphatic carboxylic acids is 1. The highest BCUT2D eigenvalue weighted by atomic mass is 16.4. The van der Waals surface area contributed by atoms with Gasteiger partial charge < -0.3 is 15.7 Å². The molecular formula is C13H14N4O2. The molecule has 2 heterocycles. The summed E-state index contributed by atoms with van der Waals surface area (Å²) in [5, 5.41) is 14.4. The molecule has 0 atom stereocenters. The molecular weight excluding hydrogens is 244 g/mol. The van der Waals surface area contributed by atoms with Crippen molar-refractivity contribution in [3.63, 3.8) is 0 Å². The summed E-state index contributed by atoms with van der Waals surface area (Å²) in [6.07, 6.45) is 3.36. The first-order valence-corrected chi connectivity index (χ1v) is 5.79. The quantitative estimate of drug-likeness (QED) is 0.726. The van der Waals surface area contributed by atoms with E-state index < -0.39 is 5.97 Å². The molecule has 2 aromatic rings. The van der Waals surface area contributed by atoms with E-state index in [9.17, 15) is 4.79 Å². The van der Waals surface area contributed by atoms with Gasteiger partial charge in [0.25, 0.3) is 0 Å². The van der Waals surface area contributed by atoms with E-state index in [4.69, 9.17) is 5.11 Å². The van der Waals surface area contributed by atoms with Crippen molar-refractivity contribution in [2.75, 3.05) is 11.9 Å². The van der Waals surface area contributed by atoms with Crippen molar-refractivity contribution in [3.8, 4) is 0 Å². The van der Waals surface area contributed by atoms with E-state index in [1.807, 2.05) is 30.3 Å². The van der Waals surface area contributed by atoms with Crippen LogP contribution in [0.25, 0.3) is 0 Å². The lowest BCUT2D eigenvalue weighted by Crippen LogP contribution is -2.21. The highest BCUT2D eigenvalue weighted by Gasteiger charge is 2.00. The Bertz CT molecular complexity index is 545. The molecule has 0 aliphatic carbocycles. The van der Waals surface area contributed by atoms with Gasteiger partial charge in [0.15, 0.2) is 0 Å². The van der Waals surface area contributed by atoms with Gasteiger partial charge >= 0.3 is 5.97 Å². The maximum atomic E-state index is 10.4. The molecule has 0 radical (unpaired) electrons.